The van der Waals surface area contributed by atoms with Gasteiger partial charge in [-0.2, -0.15) is 4.98 Å². The lowest BCUT2D eigenvalue weighted by Crippen LogP contribution is -2.23. The lowest BCUT2D eigenvalue weighted by Gasteiger charge is -2.02. The van der Waals surface area contributed by atoms with Crippen LogP contribution in [0.4, 0.5) is 0 Å². The van der Waals surface area contributed by atoms with E-state index in [1.54, 1.807) is 19.9 Å². The normalized spacial score (nSPS) is 11.5. The molecule has 3 rings (SSSR count). The molecule has 1 N–H and O–H groups in total. The first kappa shape index (κ1) is 15.7. The number of nitrogens with zero attached hydrogens (tertiary/aromatic N) is 3. The predicted molar refractivity (Wildman–Crippen MR) is 86.5 cm³/mol. The predicted octanol–water partition coefficient (Wildman–Crippen LogP) is 2.75. The van der Waals surface area contributed by atoms with Gasteiger partial charge in [0.25, 0.3) is 0 Å². The van der Waals surface area contributed by atoms with Crippen LogP contribution in [0, 0.1) is 6.92 Å². The van der Waals surface area contributed by atoms with Crippen LogP contribution < -0.4 is 5.32 Å². The van der Waals surface area contributed by atoms with Crippen LogP contribution in [-0.4, -0.2) is 21.2 Å². The van der Waals surface area contributed by atoms with Crippen LogP contribution in [0.25, 0.3) is 17.6 Å². The van der Waals surface area contributed by atoms with Crippen molar-refractivity contribution in [3.8, 4) is 11.5 Å². The lowest BCUT2D eigenvalue weighted by molar-refractivity contribution is -0.117. The minimum Gasteiger partial charge on any atom is -0.361 e. The number of hydrogen-bond acceptors (Lipinski definition) is 6. The van der Waals surface area contributed by atoms with E-state index < -0.39 is 0 Å². The van der Waals surface area contributed by atoms with Crippen molar-refractivity contribution in [2.75, 3.05) is 0 Å². The fraction of sp³-hybridized carbons (Fsp3) is 0.176. The number of carbonyl (C=O) groups is 1. The van der Waals surface area contributed by atoms with Gasteiger partial charge in [-0.05, 0) is 25.5 Å². The van der Waals surface area contributed by atoms with E-state index in [1.807, 2.05) is 36.4 Å². The van der Waals surface area contributed by atoms with Gasteiger partial charge in [-0.1, -0.05) is 40.6 Å². The number of carbonyl (C=O) groups excluding carboxylic acids is 1. The van der Waals surface area contributed by atoms with Crippen molar-refractivity contribution in [1.82, 2.24) is 20.6 Å². The highest BCUT2D eigenvalue weighted by Crippen LogP contribution is 2.15. The minimum atomic E-state index is -0.198. The summed E-state index contributed by atoms with van der Waals surface area (Å²) in [5, 5.41) is 10.4. The number of aromatic nitrogens is 3. The minimum absolute atomic E-state index is 0.142. The number of aryl methyl sites for hydroxylation is 1. The van der Waals surface area contributed by atoms with Crippen LogP contribution in [0.5, 0.6) is 0 Å². The summed E-state index contributed by atoms with van der Waals surface area (Å²) in [7, 11) is 0. The van der Waals surface area contributed by atoms with Gasteiger partial charge >= 0.3 is 0 Å². The maximum absolute atomic E-state index is 12.1. The smallest absolute Gasteiger partial charge is 0.247 e. The van der Waals surface area contributed by atoms with E-state index in [0.717, 1.165) is 5.56 Å². The van der Waals surface area contributed by atoms with Gasteiger partial charge in [-0.25, -0.2) is 0 Å². The quantitative estimate of drug-likeness (QED) is 0.725. The van der Waals surface area contributed by atoms with Crippen molar-refractivity contribution in [2.24, 2.45) is 0 Å². The van der Waals surface area contributed by atoms with E-state index in [2.05, 4.69) is 20.6 Å². The first-order valence-corrected chi connectivity index (χ1v) is 7.39. The molecule has 3 aromatic rings. The topological polar surface area (TPSA) is 94.1 Å². The standard InChI is InChI=1S/C17H16N4O3/c1-11(8-13-6-4-3-5-7-13)17(22)18-10-15-19-16(21-24-15)14-9-12(2)23-20-14/h3-9H,10H2,1-2H3,(H,18,22)/b11-8+. The van der Waals surface area contributed by atoms with Crippen LogP contribution in [0.1, 0.15) is 24.1 Å². The highest BCUT2D eigenvalue weighted by molar-refractivity contribution is 5.97. The highest BCUT2D eigenvalue weighted by atomic mass is 16.5. The molecule has 0 atom stereocenters. The fourth-order valence-corrected chi connectivity index (χ4v) is 2.06. The summed E-state index contributed by atoms with van der Waals surface area (Å²) in [5.74, 6) is 1.08. The van der Waals surface area contributed by atoms with Crippen molar-refractivity contribution in [3.05, 3.63) is 59.2 Å². The van der Waals surface area contributed by atoms with Crippen molar-refractivity contribution >= 4 is 12.0 Å². The van der Waals surface area contributed by atoms with Gasteiger partial charge in [0, 0.05) is 11.6 Å². The maximum atomic E-state index is 12.1. The molecule has 1 amide bonds. The number of benzene rings is 1. The van der Waals surface area contributed by atoms with Crippen molar-refractivity contribution in [2.45, 2.75) is 20.4 Å². The number of rotatable bonds is 5. The molecule has 0 aliphatic carbocycles. The van der Waals surface area contributed by atoms with Crippen LogP contribution >= 0.6 is 0 Å². The third kappa shape index (κ3) is 3.75. The molecular formula is C17H16N4O3. The largest absolute Gasteiger partial charge is 0.361 e. The van der Waals surface area contributed by atoms with Gasteiger partial charge in [0.1, 0.15) is 5.76 Å². The molecule has 0 unspecified atom stereocenters. The molecule has 24 heavy (non-hydrogen) atoms. The molecule has 0 aliphatic heterocycles. The molecule has 122 valence electrons. The second-order valence-corrected chi connectivity index (χ2v) is 5.26. The third-order valence-electron chi connectivity index (χ3n) is 3.27. The molecule has 0 bridgehead atoms. The van der Waals surface area contributed by atoms with Gasteiger partial charge in [-0.15, -0.1) is 0 Å². The summed E-state index contributed by atoms with van der Waals surface area (Å²) < 4.78 is 10.1. The van der Waals surface area contributed by atoms with Gasteiger partial charge in [0.15, 0.2) is 5.69 Å². The Morgan fingerprint density at radius 2 is 2.00 bits per heavy atom. The molecule has 0 spiro atoms. The number of hydrogen-bond donors (Lipinski definition) is 1. The van der Waals surface area contributed by atoms with E-state index in [4.69, 9.17) is 9.05 Å². The Morgan fingerprint density at radius 3 is 2.71 bits per heavy atom. The molecule has 0 radical (unpaired) electrons. The van der Waals surface area contributed by atoms with E-state index in [1.165, 1.54) is 0 Å². The van der Waals surface area contributed by atoms with Crippen LogP contribution in [0.2, 0.25) is 0 Å². The Labute approximate surface area is 138 Å². The lowest BCUT2D eigenvalue weighted by atomic mass is 10.1. The Bertz CT molecular complexity index is 865. The SMILES string of the molecule is C/C(=C\c1ccccc1)C(=O)NCc1nc(-c2cc(C)on2)no1. The molecule has 0 aliphatic rings. The fourth-order valence-electron chi connectivity index (χ4n) is 2.06. The summed E-state index contributed by atoms with van der Waals surface area (Å²) in [4.78, 5) is 16.3. The molecule has 7 heteroatoms. The zero-order valence-corrected chi connectivity index (χ0v) is 13.3. The summed E-state index contributed by atoms with van der Waals surface area (Å²) in [6.45, 7) is 3.67. The molecule has 2 aromatic heterocycles. The Balaban J connectivity index is 1.60. The van der Waals surface area contributed by atoms with Crippen molar-refractivity contribution in [3.63, 3.8) is 0 Å². The van der Waals surface area contributed by atoms with Gasteiger partial charge in [0.05, 0.1) is 6.54 Å². The van der Waals surface area contributed by atoms with E-state index >= 15 is 0 Å². The van der Waals surface area contributed by atoms with Gasteiger partial charge < -0.3 is 14.4 Å². The summed E-state index contributed by atoms with van der Waals surface area (Å²) in [6, 6.07) is 11.3. The molecule has 2 heterocycles. The monoisotopic (exact) mass is 324 g/mol. The average Bonchev–Trinajstić information content (AvgIpc) is 3.22. The maximum Gasteiger partial charge on any atom is 0.247 e. The van der Waals surface area contributed by atoms with E-state index in [0.29, 0.717) is 28.7 Å². The Morgan fingerprint density at radius 1 is 1.21 bits per heavy atom. The number of amides is 1. The second-order valence-electron chi connectivity index (χ2n) is 5.26. The zero-order valence-electron chi connectivity index (χ0n) is 13.3. The van der Waals surface area contributed by atoms with E-state index in [9.17, 15) is 4.79 Å². The summed E-state index contributed by atoms with van der Waals surface area (Å²) in [5.41, 5.74) is 2.05. The van der Waals surface area contributed by atoms with Crippen LogP contribution in [0.15, 0.2) is 51.0 Å². The molecule has 0 fully saturated rings. The summed E-state index contributed by atoms with van der Waals surface area (Å²) in [6.07, 6.45) is 1.81. The Hall–Kier alpha value is -3.22. The number of nitrogens with one attached hydrogen (secondary N) is 1. The molecule has 7 nitrogen and oxygen atoms in total. The van der Waals surface area contributed by atoms with Crippen molar-refractivity contribution < 1.29 is 13.8 Å². The molecule has 0 saturated carbocycles. The highest BCUT2D eigenvalue weighted by Gasteiger charge is 2.13. The molecule has 1 aromatic carbocycles. The van der Waals surface area contributed by atoms with E-state index in [-0.39, 0.29) is 12.5 Å². The molecular weight excluding hydrogens is 308 g/mol. The zero-order chi connectivity index (χ0) is 16.9. The van der Waals surface area contributed by atoms with Crippen LogP contribution in [0.3, 0.4) is 0 Å². The Kier molecular flexibility index (Phi) is 4.51. The van der Waals surface area contributed by atoms with Gasteiger partial charge in [-0.3, -0.25) is 4.79 Å². The third-order valence-corrected chi connectivity index (χ3v) is 3.27. The second kappa shape index (κ2) is 6.91. The van der Waals surface area contributed by atoms with Crippen LogP contribution in [-0.2, 0) is 11.3 Å². The average molecular weight is 324 g/mol. The first-order valence-electron chi connectivity index (χ1n) is 7.39. The first-order chi connectivity index (χ1) is 11.6. The van der Waals surface area contributed by atoms with Gasteiger partial charge in [0.2, 0.25) is 17.6 Å². The molecule has 0 saturated heterocycles. The summed E-state index contributed by atoms with van der Waals surface area (Å²) >= 11 is 0. The van der Waals surface area contributed by atoms with Crippen molar-refractivity contribution in [1.29, 1.82) is 0 Å².